The fraction of sp³-hybridized carbons (Fsp3) is 0.400. The average molecular weight is 1730 g/mol. The molecule has 10 heteroatoms. The first-order chi connectivity index (χ1) is 64.2. The summed E-state index contributed by atoms with van der Waals surface area (Å²) in [6.45, 7) is 9.16. The Morgan fingerprint density at radius 1 is 0.223 bits per heavy atom. The highest BCUT2D eigenvalue weighted by molar-refractivity contribution is 6.45. The van der Waals surface area contributed by atoms with Crippen LogP contribution in [0.25, 0.3) is 130 Å². The summed E-state index contributed by atoms with van der Waals surface area (Å²) >= 11 is 0. The molecule has 0 atom stereocenters. The van der Waals surface area contributed by atoms with Gasteiger partial charge in [0.2, 0.25) is 0 Å². The Morgan fingerprint density at radius 2 is 0.454 bits per heavy atom. The minimum atomic E-state index is -0.233. The topological polar surface area (TPSA) is 106 Å². The van der Waals surface area contributed by atoms with Gasteiger partial charge >= 0.3 is 0 Å². The number of unbranched alkanes of at least 4 members (excludes halogenated alkanes) is 36. The van der Waals surface area contributed by atoms with Crippen LogP contribution in [0.4, 0.5) is 0 Å². The van der Waals surface area contributed by atoms with E-state index in [1.165, 1.54) is 253 Å². The zero-order valence-electron chi connectivity index (χ0n) is 78.0. The van der Waals surface area contributed by atoms with Gasteiger partial charge in [-0.25, -0.2) is 9.97 Å². The highest BCUT2D eigenvalue weighted by atomic mass is 16.5. The summed E-state index contributed by atoms with van der Waals surface area (Å²) in [4.78, 5) is 44.9. The first-order valence-corrected chi connectivity index (χ1v) is 51.0. The molecule has 0 saturated carbocycles. The molecule has 18 aromatic rings. The van der Waals surface area contributed by atoms with Gasteiger partial charge in [0.1, 0.15) is 57.3 Å². The highest BCUT2D eigenvalue weighted by Gasteiger charge is 2.34. The van der Waals surface area contributed by atoms with E-state index in [4.69, 9.17) is 28.9 Å². The molecular weight excluding hydrogens is 1590 g/mol. The molecule has 4 aromatic heterocycles. The van der Waals surface area contributed by atoms with Crippen LogP contribution >= 0.6 is 0 Å². The van der Waals surface area contributed by atoms with Gasteiger partial charge in [-0.1, -0.05) is 356 Å². The van der Waals surface area contributed by atoms with Crippen molar-refractivity contribution < 1.29 is 18.9 Å². The number of aryl methyl sites for hydroxylation is 4. The Morgan fingerprint density at radius 3 is 0.738 bits per heavy atom. The first-order valence-electron chi connectivity index (χ1n) is 51.0. The number of nitrogens with zero attached hydrogens (tertiary/aromatic N) is 4. The van der Waals surface area contributed by atoms with Crippen LogP contribution in [0.3, 0.4) is 0 Å². The van der Waals surface area contributed by atoms with Crippen LogP contribution < -0.4 is 30.1 Å². The number of benzene rings is 14. The molecule has 10 nitrogen and oxygen atoms in total. The number of rotatable bonds is 52. The molecule has 0 aliphatic rings. The van der Waals surface area contributed by atoms with E-state index >= 15 is 9.59 Å². The molecular formula is C120H134N4O6. The van der Waals surface area contributed by atoms with Crippen molar-refractivity contribution in [2.75, 3.05) is 0 Å². The van der Waals surface area contributed by atoms with Crippen LogP contribution in [0.15, 0.2) is 216 Å². The number of ether oxygens (including phenoxy) is 4. The number of imidazole rings is 2. The van der Waals surface area contributed by atoms with E-state index in [9.17, 15) is 0 Å². The lowest BCUT2D eigenvalue weighted by Crippen LogP contribution is -2.15. The average Bonchev–Trinajstić information content (AvgIpc) is 1.08. The summed E-state index contributed by atoms with van der Waals surface area (Å²) in [6.07, 6.45) is 54.9. The predicted molar refractivity (Wildman–Crippen MR) is 551 cm³/mol. The molecule has 670 valence electrons. The highest BCUT2D eigenvalue weighted by Crippen LogP contribution is 2.58. The standard InChI is InChI=1S/C120H134N4O6/c1-5-9-13-17-21-25-29-33-37-41-49-83-57-65-93(66-58-83)127-105-79-97-109-99(119(125)123-103-77-90-56-48-47-55-89(90)75-101(103)121-117(97)123)81-107(129-95-69-61-85(62-70-95)51-43-39-35-31-27-23-19-15-11-7-3)113-114-108(130-96-71-63-86(64-72-96)52-44-40-36-32-28-24-20-16-12-8-4)82-100-110-98(118-122-102-76-91-73-87-53-45-46-54-88(87)74-92(91)78-104(102)124(118)120(100)126)80-106(112(116(110)114)111(105)115(109)113)128-94-67-59-84(60-68-94)50-42-38-34-30-26-22-18-14-10-6-2/h45-48,53-82H,5-44,49-52H2,1-4H3. The van der Waals surface area contributed by atoms with E-state index in [1.807, 2.05) is 27.0 Å². The lowest BCUT2D eigenvalue weighted by atomic mass is 9.84. The maximum Gasteiger partial charge on any atom is 0.264 e. The lowest BCUT2D eigenvalue weighted by molar-refractivity contribution is 0.483. The van der Waals surface area contributed by atoms with E-state index in [-0.39, 0.29) is 11.1 Å². The third kappa shape index (κ3) is 20.1. The molecule has 0 aliphatic heterocycles. The molecule has 0 saturated heterocycles. The van der Waals surface area contributed by atoms with Gasteiger partial charge in [0, 0.05) is 53.9 Å². The minimum absolute atomic E-state index is 0.230. The molecule has 4 heterocycles. The molecule has 130 heavy (non-hydrogen) atoms. The van der Waals surface area contributed by atoms with Crippen molar-refractivity contribution in [1.82, 2.24) is 18.8 Å². The Hall–Kier alpha value is -11.4. The van der Waals surface area contributed by atoms with Crippen molar-refractivity contribution in [2.24, 2.45) is 0 Å². The van der Waals surface area contributed by atoms with E-state index < -0.39 is 0 Å². The van der Waals surface area contributed by atoms with Crippen LogP contribution in [0.2, 0.25) is 0 Å². The summed E-state index contributed by atoms with van der Waals surface area (Å²) in [6, 6.07) is 72.6. The number of pyridine rings is 2. The Kier molecular flexibility index (Phi) is 29.6. The fourth-order valence-electron chi connectivity index (χ4n) is 21.1. The molecule has 0 amide bonds. The summed E-state index contributed by atoms with van der Waals surface area (Å²) in [5.41, 5.74) is 8.36. The van der Waals surface area contributed by atoms with E-state index in [1.54, 1.807) is 0 Å². The fourth-order valence-corrected chi connectivity index (χ4v) is 21.1. The van der Waals surface area contributed by atoms with E-state index in [2.05, 4.69) is 216 Å². The summed E-state index contributed by atoms with van der Waals surface area (Å²) in [7, 11) is 0. The molecule has 0 N–H and O–H groups in total. The summed E-state index contributed by atoms with van der Waals surface area (Å²) in [5, 5.41) is 14.2. The zero-order valence-corrected chi connectivity index (χ0v) is 78.0. The lowest BCUT2D eigenvalue weighted by Gasteiger charge is -2.25. The normalized spacial score (nSPS) is 12.2. The van der Waals surface area contributed by atoms with Gasteiger partial charge in [-0.15, -0.1) is 0 Å². The number of hydrogen-bond acceptors (Lipinski definition) is 8. The first kappa shape index (κ1) is 89.2. The Bertz CT molecular complexity index is 6950. The third-order valence-electron chi connectivity index (χ3n) is 28.4. The van der Waals surface area contributed by atoms with Crippen molar-refractivity contribution in [3.05, 3.63) is 249 Å². The second-order valence-corrected chi connectivity index (χ2v) is 38.1. The largest absolute Gasteiger partial charge is 0.457 e. The monoisotopic (exact) mass is 1730 g/mol. The minimum Gasteiger partial charge on any atom is -0.457 e. The SMILES string of the molecule is CCCCCCCCCCCCc1ccc(Oc2cc3c(=O)n4c5cc6ccccc6cc5nc4c4cc(Oc5ccc(CCCCCCCCCCCC)cc5)c5c6c(Oc7ccc(CCCCCCCCCCCC)cc7)cc7c8c(cc(Oc9ccc(CCCCCCCCCCCC)cc9)c(c2c5c34)c68)c(=O)n2c3cc4cc5ccccc5cc4cc3nc72)cc1. The molecule has 18 rings (SSSR count). The van der Waals surface area contributed by atoms with Gasteiger partial charge in [0.05, 0.1) is 32.8 Å². The van der Waals surface area contributed by atoms with Gasteiger partial charge in [0.25, 0.3) is 11.1 Å². The second-order valence-electron chi connectivity index (χ2n) is 38.1. The van der Waals surface area contributed by atoms with Gasteiger partial charge in [-0.3, -0.25) is 18.4 Å². The summed E-state index contributed by atoms with van der Waals surface area (Å²) in [5.74, 6) is 4.42. The number of aromatic nitrogens is 4. The van der Waals surface area contributed by atoms with Crippen LogP contribution in [0.1, 0.15) is 307 Å². The van der Waals surface area contributed by atoms with Crippen molar-refractivity contribution in [3.63, 3.8) is 0 Å². The van der Waals surface area contributed by atoms with Gasteiger partial charge < -0.3 is 18.9 Å². The van der Waals surface area contributed by atoms with E-state index in [0.29, 0.717) is 133 Å². The smallest absolute Gasteiger partial charge is 0.264 e. The molecule has 0 unspecified atom stereocenters. The maximum absolute atomic E-state index is 16.9. The van der Waals surface area contributed by atoms with Crippen LogP contribution in [0.5, 0.6) is 46.0 Å². The van der Waals surface area contributed by atoms with Crippen molar-refractivity contribution >= 4 is 130 Å². The van der Waals surface area contributed by atoms with Gasteiger partial charge in [-0.05, 0) is 215 Å². The predicted octanol–water partition coefficient (Wildman–Crippen LogP) is 35.7. The third-order valence-corrected chi connectivity index (χ3v) is 28.4. The zero-order chi connectivity index (χ0) is 88.5. The van der Waals surface area contributed by atoms with Gasteiger partial charge in [-0.2, -0.15) is 0 Å². The maximum atomic E-state index is 16.9. The number of hydrogen-bond donors (Lipinski definition) is 0. The second kappa shape index (κ2) is 43.1. The van der Waals surface area contributed by atoms with Crippen molar-refractivity contribution in [3.8, 4) is 46.0 Å². The molecule has 0 fully saturated rings. The van der Waals surface area contributed by atoms with Crippen molar-refractivity contribution in [2.45, 2.75) is 310 Å². The number of fused-ring (bicyclic) bond motifs is 13. The molecule has 14 aromatic carbocycles. The van der Waals surface area contributed by atoms with Gasteiger partial charge in [0.15, 0.2) is 0 Å². The quantitative estimate of drug-likeness (QED) is 0.0211. The molecule has 0 aliphatic carbocycles. The Labute approximate surface area is 768 Å². The molecule has 0 bridgehead atoms. The summed E-state index contributed by atoms with van der Waals surface area (Å²) < 4.78 is 34.7. The van der Waals surface area contributed by atoms with E-state index in [0.717, 1.165) is 94.5 Å². The van der Waals surface area contributed by atoms with Crippen LogP contribution in [0, 0.1) is 0 Å². The molecule has 0 radical (unpaired) electrons. The Balaban J connectivity index is 0.855. The molecule has 0 spiro atoms. The van der Waals surface area contributed by atoms with Crippen molar-refractivity contribution in [1.29, 1.82) is 0 Å². The van der Waals surface area contributed by atoms with Crippen LogP contribution in [-0.2, 0) is 25.7 Å². The van der Waals surface area contributed by atoms with Crippen LogP contribution in [-0.4, -0.2) is 18.8 Å².